The van der Waals surface area contributed by atoms with E-state index in [4.69, 9.17) is 0 Å². The number of allylic oxidation sites excluding steroid dienone is 2. The van der Waals surface area contributed by atoms with Crippen molar-refractivity contribution in [2.45, 2.75) is 26.2 Å². The van der Waals surface area contributed by atoms with Crippen LogP contribution in [0, 0.1) is 31.1 Å². The molecule has 0 atom stereocenters. The van der Waals surface area contributed by atoms with Crippen molar-refractivity contribution in [3.05, 3.63) is 11.6 Å². The molecule has 0 radical (unpaired) electrons. The molecule has 9 heavy (non-hydrogen) atoms. The fourth-order valence-electron chi connectivity index (χ4n) is 0.961. The summed E-state index contributed by atoms with van der Waals surface area (Å²) >= 11 is 0. The van der Waals surface area contributed by atoms with Crippen LogP contribution in [0.4, 0.5) is 0 Å². The minimum atomic E-state index is 0. The monoisotopic (exact) mass is 348 g/mol. The summed E-state index contributed by atoms with van der Waals surface area (Å²) in [6, 6.07) is 0. The van der Waals surface area contributed by atoms with Crippen LogP contribution in [0.3, 0.4) is 0 Å². The van der Waals surface area contributed by atoms with Crippen LogP contribution in [-0.2, 0) is 4.79 Å². The minimum absolute atomic E-state index is 0. The summed E-state index contributed by atoms with van der Waals surface area (Å²) in [6.45, 7) is 2.01. The van der Waals surface area contributed by atoms with E-state index in [0.29, 0.717) is 5.78 Å². The maximum absolute atomic E-state index is 10.6. The number of ketones is 1. The first-order valence-corrected chi connectivity index (χ1v) is 2.99. The zero-order valence-corrected chi connectivity index (χ0v) is 9.77. The third-order valence-electron chi connectivity index (χ3n) is 1.40. The van der Waals surface area contributed by atoms with E-state index in [-0.39, 0.29) is 31.1 Å². The molecule has 0 bridgehead atoms. The van der Waals surface area contributed by atoms with Gasteiger partial charge in [0.15, 0.2) is 5.78 Å². The Morgan fingerprint density at radius 3 is 2.44 bits per heavy atom. The number of carbonyl (C=O) groups is 1. The Kier molecular flexibility index (Phi) is 4.53. The second-order valence-corrected chi connectivity index (χ2v) is 2.31. The molecule has 0 aromatic carbocycles. The van der Waals surface area contributed by atoms with Crippen molar-refractivity contribution in [2.75, 3.05) is 0 Å². The fraction of sp³-hybridized carbons (Fsp3) is 0.571. The molecular formula is C7H10OU. The van der Waals surface area contributed by atoms with Crippen molar-refractivity contribution in [3.8, 4) is 0 Å². The summed E-state index contributed by atoms with van der Waals surface area (Å²) in [5.74, 6) is 0.300. The van der Waals surface area contributed by atoms with Gasteiger partial charge in [-0.1, -0.05) is 5.57 Å². The molecule has 0 fully saturated rings. The molecule has 1 nitrogen and oxygen atoms in total. The Hall–Kier alpha value is 0.462. The molecule has 1 aliphatic carbocycles. The van der Waals surface area contributed by atoms with Gasteiger partial charge in [-0.3, -0.25) is 4.79 Å². The molecule has 48 valence electrons. The van der Waals surface area contributed by atoms with E-state index in [1.165, 1.54) is 5.57 Å². The topological polar surface area (TPSA) is 17.1 Å². The summed E-state index contributed by atoms with van der Waals surface area (Å²) in [6.07, 6.45) is 4.69. The fourth-order valence-corrected chi connectivity index (χ4v) is 0.961. The average molecular weight is 348 g/mol. The molecule has 0 aromatic heterocycles. The third-order valence-corrected chi connectivity index (χ3v) is 1.40. The summed E-state index contributed by atoms with van der Waals surface area (Å²) in [5, 5.41) is 0. The van der Waals surface area contributed by atoms with Crippen LogP contribution < -0.4 is 0 Å². The molecule has 0 heterocycles. The standard InChI is InChI=1S/C7H10O.U/c1-6-3-2-4-7(8)5-6;/h5H,2-4H2,1H3;. The van der Waals surface area contributed by atoms with Crippen LogP contribution in [0.15, 0.2) is 11.6 Å². The van der Waals surface area contributed by atoms with Gasteiger partial charge in [-0.2, -0.15) is 0 Å². The second-order valence-electron chi connectivity index (χ2n) is 2.31. The van der Waals surface area contributed by atoms with Gasteiger partial charge in [-0.25, -0.2) is 0 Å². The molecule has 0 saturated carbocycles. The summed E-state index contributed by atoms with van der Waals surface area (Å²) < 4.78 is 0. The molecule has 1 rings (SSSR count). The van der Waals surface area contributed by atoms with Crippen molar-refractivity contribution in [1.29, 1.82) is 0 Å². The molecule has 0 spiro atoms. The zero-order chi connectivity index (χ0) is 5.98. The van der Waals surface area contributed by atoms with Crippen LogP contribution in [0.2, 0.25) is 0 Å². The maximum atomic E-state index is 10.6. The van der Waals surface area contributed by atoms with Gasteiger partial charge in [-0.15, -0.1) is 0 Å². The molecule has 0 aliphatic heterocycles. The van der Waals surface area contributed by atoms with Crippen molar-refractivity contribution < 1.29 is 35.9 Å². The molecule has 0 aromatic rings. The first-order chi connectivity index (χ1) is 3.79. The second kappa shape index (κ2) is 4.30. The Morgan fingerprint density at radius 2 is 2.11 bits per heavy atom. The van der Waals surface area contributed by atoms with Crippen molar-refractivity contribution in [1.82, 2.24) is 0 Å². The largest absolute Gasteiger partial charge is 0.295 e. The van der Waals surface area contributed by atoms with Gasteiger partial charge in [0.1, 0.15) is 0 Å². The Balaban J connectivity index is 0.000000640. The van der Waals surface area contributed by atoms with Gasteiger partial charge < -0.3 is 0 Å². The minimum Gasteiger partial charge on any atom is -0.295 e. The van der Waals surface area contributed by atoms with Gasteiger partial charge in [0, 0.05) is 37.5 Å². The molecule has 0 amide bonds. The van der Waals surface area contributed by atoms with Crippen LogP contribution in [0.1, 0.15) is 26.2 Å². The third kappa shape index (κ3) is 3.23. The van der Waals surface area contributed by atoms with E-state index < -0.39 is 0 Å². The Morgan fingerprint density at radius 1 is 1.44 bits per heavy atom. The first-order valence-electron chi connectivity index (χ1n) is 2.99. The van der Waals surface area contributed by atoms with Crippen molar-refractivity contribution in [2.24, 2.45) is 0 Å². The smallest absolute Gasteiger partial charge is 0.155 e. The SMILES string of the molecule is CC1=CC(=O)CCC1.[U]. The van der Waals surface area contributed by atoms with Gasteiger partial charge in [0.05, 0.1) is 0 Å². The summed E-state index contributed by atoms with van der Waals surface area (Å²) in [7, 11) is 0. The number of rotatable bonds is 0. The summed E-state index contributed by atoms with van der Waals surface area (Å²) in [4.78, 5) is 10.6. The summed E-state index contributed by atoms with van der Waals surface area (Å²) in [5.41, 5.74) is 1.24. The molecule has 0 N–H and O–H groups in total. The zero-order valence-electron chi connectivity index (χ0n) is 5.61. The molecule has 0 unspecified atom stereocenters. The average Bonchev–Trinajstić information content (AvgIpc) is 1.64. The first kappa shape index (κ1) is 9.46. The molecule has 2 heteroatoms. The quantitative estimate of drug-likeness (QED) is 0.651. The van der Waals surface area contributed by atoms with E-state index in [9.17, 15) is 4.79 Å². The molecule has 1 aliphatic rings. The van der Waals surface area contributed by atoms with Crippen LogP contribution in [0.5, 0.6) is 0 Å². The van der Waals surface area contributed by atoms with E-state index in [1.54, 1.807) is 6.08 Å². The van der Waals surface area contributed by atoms with Gasteiger partial charge in [-0.05, 0) is 25.8 Å². The van der Waals surface area contributed by atoms with Gasteiger partial charge in [0.25, 0.3) is 0 Å². The number of hydrogen-bond acceptors (Lipinski definition) is 1. The van der Waals surface area contributed by atoms with Crippen LogP contribution in [0.25, 0.3) is 0 Å². The van der Waals surface area contributed by atoms with E-state index in [0.717, 1.165) is 19.3 Å². The van der Waals surface area contributed by atoms with Crippen LogP contribution >= 0.6 is 0 Å². The predicted octanol–water partition coefficient (Wildman–Crippen LogP) is 1.69. The van der Waals surface area contributed by atoms with Crippen molar-refractivity contribution in [3.63, 3.8) is 0 Å². The van der Waals surface area contributed by atoms with E-state index in [1.807, 2.05) is 6.92 Å². The maximum Gasteiger partial charge on any atom is 0.155 e. The molecular weight excluding hydrogens is 338 g/mol. The van der Waals surface area contributed by atoms with Gasteiger partial charge in [0.2, 0.25) is 0 Å². The Labute approximate surface area is 79.3 Å². The normalized spacial score (nSPS) is 18.3. The van der Waals surface area contributed by atoms with Crippen LogP contribution in [-0.4, -0.2) is 5.78 Å². The predicted molar refractivity (Wildman–Crippen MR) is 32.6 cm³/mol. The molecule has 0 saturated heterocycles. The number of hydrogen-bond donors (Lipinski definition) is 0. The van der Waals surface area contributed by atoms with E-state index >= 15 is 0 Å². The van der Waals surface area contributed by atoms with E-state index in [2.05, 4.69) is 0 Å². The Bertz CT molecular complexity index is 138. The van der Waals surface area contributed by atoms with Gasteiger partial charge >= 0.3 is 0 Å². The van der Waals surface area contributed by atoms with Crippen molar-refractivity contribution >= 4 is 5.78 Å². The number of carbonyl (C=O) groups excluding carboxylic acids is 1.